The maximum Gasteiger partial charge on any atom is 0.317 e. The van der Waals surface area contributed by atoms with E-state index in [1.54, 1.807) is 4.68 Å². The molecular formula is C15H24N4O3. The van der Waals surface area contributed by atoms with E-state index in [2.05, 4.69) is 10.4 Å². The number of rotatable bonds is 7. The van der Waals surface area contributed by atoms with Crippen LogP contribution in [-0.2, 0) is 16.1 Å². The van der Waals surface area contributed by atoms with Crippen LogP contribution in [0.25, 0.3) is 0 Å². The van der Waals surface area contributed by atoms with Crippen molar-refractivity contribution in [3.63, 3.8) is 0 Å². The van der Waals surface area contributed by atoms with Crippen LogP contribution in [-0.4, -0.2) is 56.8 Å². The van der Waals surface area contributed by atoms with Crippen LogP contribution in [0.4, 0.5) is 0 Å². The van der Waals surface area contributed by atoms with Gasteiger partial charge in [0.15, 0.2) is 0 Å². The summed E-state index contributed by atoms with van der Waals surface area (Å²) in [7, 11) is 0. The molecule has 1 fully saturated rings. The zero-order valence-electron chi connectivity index (χ0n) is 13.4. The molecule has 0 aromatic carbocycles. The summed E-state index contributed by atoms with van der Waals surface area (Å²) >= 11 is 0. The average molecular weight is 308 g/mol. The molecule has 7 nitrogen and oxygen atoms in total. The molecule has 2 N–H and O–H groups in total. The van der Waals surface area contributed by atoms with Gasteiger partial charge in [0.25, 0.3) is 0 Å². The first-order chi connectivity index (χ1) is 10.4. The van der Waals surface area contributed by atoms with Crippen LogP contribution in [0.5, 0.6) is 0 Å². The van der Waals surface area contributed by atoms with Gasteiger partial charge in [0, 0.05) is 17.8 Å². The number of carboxylic acid groups (broad SMARTS) is 1. The number of aryl methyl sites for hydroxylation is 2. The summed E-state index contributed by atoms with van der Waals surface area (Å²) in [6.07, 6.45) is 1.62. The van der Waals surface area contributed by atoms with Crippen molar-refractivity contribution in [2.24, 2.45) is 0 Å². The summed E-state index contributed by atoms with van der Waals surface area (Å²) in [5, 5.41) is 16.1. The lowest BCUT2D eigenvalue weighted by molar-refractivity contribution is -0.139. The van der Waals surface area contributed by atoms with Gasteiger partial charge in [-0.1, -0.05) is 6.92 Å². The predicted octanol–water partition coefficient (Wildman–Crippen LogP) is 0.554. The number of likely N-dealkylation sites (N-methyl/N-ethyl adjacent to an activating group) is 1. The monoisotopic (exact) mass is 308 g/mol. The van der Waals surface area contributed by atoms with E-state index in [0.29, 0.717) is 6.54 Å². The molecule has 122 valence electrons. The summed E-state index contributed by atoms with van der Waals surface area (Å²) in [5.74, 6) is -0.852. The minimum Gasteiger partial charge on any atom is -0.480 e. The molecule has 0 spiro atoms. The number of aromatic nitrogens is 2. The Morgan fingerprint density at radius 2 is 2.14 bits per heavy atom. The smallest absolute Gasteiger partial charge is 0.317 e. The van der Waals surface area contributed by atoms with E-state index in [0.717, 1.165) is 24.2 Å². The summed E-state index contributed by atoms with van der Waals surface area (Å²) in [5.41, 5.74) is 1.87. The zero-order chi connectivity index (χ0) is 16.3. The van der Waals surface area contributed by atoms with Crippen LogP contribution >= 0.6 is 0 Å². The molecule has 7 heteroatoms. The van der Waals surface area contributed by atoms with Gasteiger partial charge in [-0.05, 0) is 39.3 Å². The lowest BCUT2D eigenvalue weighted by atomic mass is 9.85. The number of hydrogen-bond donors (Lipinski definition) is 2. The molecule has 0 unspecified atom stereocenters. The number of amides is 1. The molecule has 2 rings (SSSR count). The van der Waals surface area contributed by atoms with Crippen molar-refractivity contribution in [2.75, 3.05) is 13.1 Å². The van der Waals surface area contributed by atoms with Gasteiger partial charge in [-0.25, -0.2) is 0 Å². The Hall–Kier alpha value is -1.89. The van der Waals surface area contributed by atoms with E-state index in [1.807, 2.05) is 31.7 Å². The highest BCUT2D eigenvalue weighted by atomic mass is 16.4. The second kappa shape index (κ2) is 6.91. The number of carbonyl (C=O) groups excluding carboxylic acids is 1. The van der Waals surface area contributed by atoms with E-state index in [1.165, 1.54) is 0 Å². The number of carbonyl (C=O) groups is 2. The normalized spacial score (nSPS) is 20.7. The van der Waals surface area contributed by atoms with Crippen molar-refractivity contribution in [1.29, 1.82) is 0 Å². The molecule has 1 aliphatic carbocycles. The maximum atomic E-state index is 12.0. The highest BCUT2D eigenvalue weighted by molar-refractivity contribution is 5.76. The molecule has 1 amide bonds. The summed E-state index contributed by atoms with van der Waals surface area (Å²) in [4.78, 5) is 24.7. The number of nitrogens with one attached hydrogen (secondary N) is 1. The molecule has 0 radical (unpaired) electrons. The van der Waals surface area contributed by atoms with Gasteiger partial charge in [-0.2, -0.15) is 5.10 Å². The second-order valence-electron chi connectivity index (χ2n) is 5.93. The van der Waals surface area contributed by atoms with Gasteiger partial charge in [0.1, 0.15) is 6.54 Å². The van der Waals surface area contributed by atoms with Crippen molar-refractivity contribution in [2.45, 2.75) is 52.2 Å². The van der Waals surface area contributed by atoms with Crippen LogP contribution < -0.4 is 5.32 Å². The Labute approximate surface area is 130 Å². The summed E-state index contributed by atoms with van der Waals surface area (Å²) < 4.78 is 1.70. The predicted molar refractivity (Wildman–Crippen MR) is 81.5 cm³/mol. The van der Waals surface area contributed by atoms with Crippen LogP contribution in [0.1, 0.15) is 31.2 Å². The fourth-order valence-corrected chi connectivity index (χ4v) is 2.92. The largest absolute Gasteiger partial charge is 0.480 e. The van der Waals surface area contributed by atoms with Gasteiger partial charge in [0.05, 0.1) is 12.2 Å². The van der Waals surface area contributed by atoms with Crippen molar-refractivity contribution >= 4 is 11.9 Å². The molecular weight excluding hydrogens is 284 g/mol. The fraction of sp³-hybridized carbons (Fsp3) is 0.667. The van der Waals surface area contributed by atoms with E-state index in [-0.39, 0.29) is 31.1 Å². The highest BCUT2D eigenvalue weighted by Gasteiger charge is 2.34. The van der Waals surface area contributed by atoms with Gasteiger partial charge < -0.3 is 10.4 Å². The minimum atomic E-state index is -0.807. The first kappa shape index (κ1) is 16.5. The molecule has 22 heavy (non-hydrogen) atoms. The minimum absolute atomic E-state index is 0.0454. The third-order valence-corrected chi connectivity index (χ3v) is 4.14. The average Bonchev–Trinajstić information content (AvgIpc) is 2.69. The lowest BCUT2D eigenvalue weighted by Crippen LogP contribution is -2.55. The van der Waals surface area contributed by atoms with E-state index < -0.39 is 5.97 Å². The van der Waals surface area contributed by atoms with Crippen molar-refractivity contribution in [3.05, 3.63) is 17.5 Å². The lowest BCUT2D eigenvalue weighted by Gasteiger charge is -2.42. The maximum absolute atomic E-state index is 12.0. The van der Waals surface area contributed by atoms with Crippen molar-refractivity contribution in [3.8, 4) is 0 Å². The highest BCUT2D eigenvalue weighted by Crippen LogP contribution is 2.25. The number of aliphatic carboxylic acids is 1. The van der Waals surface area contributed by atoms with Gasteiger partial charge in [0.2, 0.25) is 5.91 Å². The molecule has 1 aliphatic rings. The first-order valence-corrected chi connectivity index (χ1v) is 7.65. The van der Waals surface area contributed by atoms with Crippen LogP contribution in [0.3, 0.4) is 0 Å². The topological polar surface area (TPSA) is 87.5 Å². The Morgan fingerprint density at radius 1 is 1.45 bits per heavy atom. The first-order valence-electron chi connectivity index (χ1n) is 7.65. The number of hydrogen-bond acceptors (Lipinski definition) is 4. The molecule has 1 aromatic heterocycles. The van der Waals surface area contributed by atoms with Crippen molar-refractivity contribution in [1.82, 2.24) is 20.0 Å². The zero-order valence-corrected chi connectivity index (χ0v) is 13.4. The SMILES string of the molecule is CCN(CC(=O)O)C1CC(NC(=O)Cn2nc(C)cc2C)C1. The van der Waals surface area contributed by atoms with E-state index in [4.69, 9.17) is 5.11 Å². The van der Waals surface area contributed by atoms with E-state index in [9.17, 15) is 9.59 Å². The Kier molecular flexibility index (Phi) is 5.18. The Balaban J connectivity index is 1.76. The van der Waals surface area contributed by atoms with Crippen molar-refractivity contribution < 1.29 is 14.7 Å². The third-order valence-electron chi connectivity index (χ3n) is 4.14. The van der Waals surface area contributed by atoms with Gasteiger partial charge in [-0.3, -0.25) is 19.2 Å². The molecule has 0 atom stereocenters. The molecule has 0 aliphatic heterocycles. The second-order valence-corrected chi connectivity index (χ2v) is 5.93. The van der Waals surface area contributed by atoms with Crippen LogP contribution in [0, 0.1) is 13.8 Å². The molecule has 1 aromatic rings. The Bertz CT molecular complexity index is 549. The number of nitrogens with zero attached hydrogens (tertiary/aromatic N) is 3. The van der Waals surface area contributed by atoms with Gasteiger partial charge in [-0.15, -0.1) is 0 Å². The third kappa shape index (κ3) is 4.07. The van der Waals surface area contributed by atoms with Crippen LogP contribution in [0.15, 0.2) is 6.07 Å². The molecule has 0 bridgehead atoms. The van der Waals surface area contributed by atoms with E-state index >= 15 is 0 Å². The quantitative estimate of drug-likeness (QED) is 0.768. The summed E-state index contributed by atoms with van der Waals surface area (Å²) in [6.45, 7) is 6.79. The van der Waals surface area contributed by atoms with Crippen LogP contribution in [0.2, 0.25) is 0 Å². The Morgan fingerprint density at radius 3 is 2.64 bits per heavy atom. The number of carboxylic acids is 1. The molecule has 0 saturated heterocycles. The van der Waals surface area contributed by atoms with Gasteiger partial charge >= 0.3 is 5.97 Å². The fourth-order valence-electron chi connectivity index (χ4n) is 2.92. The molecule has 1 heterocycles. The molecule has 1 saturated carbocycles. The standard InChI is InChI=1S/C15H24N4O3/c1-4-18(9-15(21)22)13-6-12(7-13)16-14(20)8-19-11(3)5-10(2)17-19/h5,12-13H,4,6-9H2,1-3H3,(H,16,20)(H,21,22). The summed E-state index contributed by atoms with van der Waals surface area (Å²) in [6, 6.07) is 2.33.